The fourth-order valence-corrected chi connectivity index (χ4v) is 4.14. The van der Waals surface area contributed by atoms with Gasteiger partial charge in [0.25, 0.3) is 0 Å². The summed E-state index contributed by atoms with van der Waals surface area (Å²) in [7, 11) is 0. The van der Waals surface area contributed by atoms with Crippen LogP contribution in [-0.4, -0.2) is 41.2 Å². The minimum Gasteiger partial charge on any atom is -0.416 e. The van der Waals surface area contributed by atoms with Crippen molar-refractivity contribution in [3.63, 3.8) is 0 Å². The fourth-order valence-electron chi connectivity index (χ4n) is 4.14. The number of aliphatic hydroxyl groups excluding tert-OH is 1. The highest BCUT2D eigenvalue weighted by Crippen LogP contribution is 2.35. The number of hydrogen-bond donors (Lipinski definition) is 2. The van der Waals surface area contributed by atoms with Crippen LogP contribution in [0.25, 0.3) is 33.8 Å². The minimum absolute atomic E-state index is 0.0654. The molecule has 0 spiro atoms. The highest BCUT2D eigenvalue weighted by molar-refractivity contribution is 5.81. The molecule has 0 aliphatic carbocycles. The second kappa shape index (κ2) is 10.1. The highest BCUT2D eigenvalue weighted by atomic mass is 19.4. The van der Waals surface area contributed by atoms with Crippen molar-refractivity contribution in [3.8, 4) is 28.7 Å². The van der Waals surface area contributed by atoms with Gasteiger partial charge >= 0.3 is 12.8 Å². The zero-order valence-corrected chi connectivity index (χ0v) is 20.5. The summed E-state index contributed by atoms with van der Waals surface area (Å²) < 4.78 is 71.4. The van der Waals surface area contributed by atoms with Crippen LogP contribution in [0.1, 0.15) is 42.8 Å². The summed E-state index contributed by atoms with van der Waals surface area (Å²) in [6, 6.07) is 9.08. The molecule has 4 aromatic heterocycles. The van der Waals surface area contributed by atoms with E-state index in [4.69, 9.17) is 0 Å². The fraction of sp³-hybridized carbons (Fsp3) is 0.231. The third-order valence-electron chi connectivity index (χ3n) is 6.02. The lowest BCUT2D eigenvalue weighted by atomic mass is 10.0. The smallest absolute Gasteiger partial charge is 0.416 e. The molecule has 2 N–H and O–H groups in total. The van der Waals surface area contributed by atoms with Gasteiger partial charge in [0, 0.05) is 35.8 Å². The maximum atomic E-state index is 13.3. The molecule has 202 valence electrons. The Hall–Kier alpha value is -4.39. The molecule has 0 amide bonds. The van der Waals surface area contributed by atoms with Gasteiger partial charge in [-0.3, -0.25) is 0 Å². The van der Waals surface area contributed by atoms with Crippen LogP contribution in [0.15, 0.2) is 61.2 Å². The summed E-state index contributed by atoms with van der Waals surface area (Å²) in [6.45, 7) is 0.420. The quantitative estimate of drug-likeness (QED) is 0.238. The third kappa shape index (κ3) is 5.17. The van der Waals surface area contributed by atoms with Gasteiger partial charge in [0.05, 0.1) is 22.8 Å². The molecular weight excluding hydrogens is 523 g/mol. The average Bonchev–Trinajstić information content (AvgIpc) is 3.53. The topological polar surface area (TPSA) is 102 Å². The third-order valence-corrected chi connectivity index (χ3v) is 6.02. The summed E-state index contributed by atoms with van der Waals surface area (Å²) in [5, 5.41) is 11.1. The lowest BCUT2D eigenvalue weighted by Gasteiger charge is -2.13. The van der Waals surface area contributed by atoms with E-state index in [1.165, 1.54) is 29.1 Å². The predicted octanol–water partition coefficient (Wildman–Crippen LogP) is 6.17. The average molecular weight is 544 g/mol. The van der Waals surface area contributed by atoms with Gasteiger partial charge in [-0.05, 0) is 31.5 Å². The van der Waals surface area contributed by atoms with Crippen LogP contribution < -0.4 is 4.74 Å². The standard InChI is InChI=1S/C26H21F5N6O2/c1-13(2)37-12-19(26(29,30)31)35-23(37)15-7-5-14(6-8-15)21(38)17-10-33-18-11-34-22(36-20(17)18)16-4-3-9-32-24(16)39-25(27)28/h3-13,21,25,33,38H,1-2H3. The number of nitrogens with zero attached hydrogens (tertiary/aromatic N) is 5. The first-order chi connectivity index (χ1) is 18.5. The van der Waals surface area contributed by atoms with Crippen molar-refractivity contribution in [1.29, 1.82) is 0 Å². The van der Waals surface area contributed by atoms with Crippen LogP contribution >= 0.6 is 0 Å². The number of ether oxygens (including phenoxy) is 1. The lowest BCUT2D eigenvalue weighted by Crippen LogP contribution is -2.06. The van der Waals surface area contributed by atoms with Gasteiger partial charge in [-0.2, -0.15) is 22.0 Å². The second-order valence-corrected chi connectivity index (χ2v) is 8.91. The highest BCUT2D eigenvalue weighted by Gasteiger charge is 2.35. The van der Waals surface area contributed by atoms with Gasteiger partial charge in [-0.25, -0.2) is 19.9 Å². The van der Waals surface area contributed by atoms with E-state index < -0.39 is 24.6 Å². The summed E-state index contributed by atoms with van der Waals surface area (Å²) in [5.41, 5.74) is 1.26. The van der Waals surface area contributed by atoms with Crippen molar-refractivity contribution in [2.75, 3.05) is 0 Å². The Bertz CT molecular complexity index is 1610. The van der Waals surface area contributed by atoms with E-state index in [0.717, 1.165) is 6.20 Å². The Morgan fingerprint density at radius 1 is 1.03 bits per heavy atom. The SMILES string of the molecule is CC(C)n1cc(C(F)(F)F)nc1-c1ccc(C(O)c2c[nH]c3cnc(-c4cccnc4OC(F)F)nc23)cc1. The molecular formula is C26H21F5N6O2. The Labute approximate surface area is 218 Å². The zero-order valence-electron chi connectivity index (χ0n) is 20.5. The maximum Gasteiger partial charge on any atom is 0.434 e. The minimum atomic E-state index is -4.58. The van der Waals surface area contributed by atoms with E-state index in [-0.39, 0.29) is 29.1 Å². The molecule has 1 atom stereocenters. The number of benzene rings is 1. The van der Waals surface area contributed by atoms with Crippen molar-refractivity contribution >= 4 is 11.0 Å². The number of aromatic nitrogens is 6. The first-order valence-corrected chi connectivity index (χ1v) is 11.7. The molecule has 13 heteroatoms. The molecule has 4 heterocycles. The molecule has 0 saturated carbocycles. The molecule has 39 heavy (non-hydrogen) atoms. The summed E-state index contributed by atoms with van der Waals surface area (Å²) in [4.78, 5) is 19.2. The van der Waals surface area contributed by atoms with E-state index >= 15 is 0 Å². The van der Waals surface area contributed by atoms with Gasteiger partial charge in [0.15, 0.2) is 11.5 Å². The lowest BCUT2D eigenvalue weighted by molar-refractivity contribution is -0.140. The second-order valence-electron chi connectivity index (χ2n) is 8.91. The number of rotatable bonds is 7. The zero-order chi connectivity index (χ0) is 27.9. The number of pyridine rings is 1. The summed E-state index contributed by atoms with van der Waals surface area (Å²) >= 11 is 0. The van der Waals surface area contributed by atoms with Gasteiger partial charge in [-0.15, -0.1) is 0 Å². The normalized spacial score (nSPS) is 13.0. The predicted molar refractivity (Wildman–Crippen MR) is 131 cm³/mol. The molecule has 5 rings (SSSR count). The number of alkyl halides is 5. The molecule has 0 radical (unpaired) electrons. The first kappa shape index (κ1) is 26.2. The molecule has 0 aliphatic heterocycles. The van der Waals surface area contributed by atoms with Crippen molar-refractivity contribution < 1.29 is 31.8 Å². The first-order valence-electron chi connectivity index (χ1n) is 11.7. The molecule has 0 bridgehead atoms. The number of imidazole rings is 1. The summed E-state index contributed by atoms with van der Waals surface area (Å²) in [6.07, 6.45) is -0.485. The van der Waals surface area contributed by atoms with Crippen LogP contribution in [0.2, 0.25) is 0 Å². The van der Waals surface area contributed by atoms with Crippen LogP contribution in [0.5, 0.6) is 5.88 Å². The van der Waals surface area contributed by atoms with Crippen LogP contribution in [-0.2, 0) is 6.18 Å². The van der Waals surface area contributed by atoms with Crippen molar-refractivity contribution in [2.24, 2.45) is 0 Å². The van der Waals surface area contributed by atoms with E-state index in [0.29, 0.717) is 27.7 Å². The van der Waals surface area contributed by atoms with Gasteiger partial charge in [0.2, 0.25) is 5.88 Å². The number of fused-ring (bicyclic) bond motifs is 1. The Kier molecular flexibility index (Phi) is 6.76. The molecule has 0 fully saturated rings. The largest absolute Gasteiger partial charge is 0.434 e. The maximum absolute atomic E-state index is 13.3. The van der Waals surface area contributed by atoms with Crippen molar-refractivity contribution in [1.82, 2.24) is 29.5 Å². The number of halogens is 5. The number of aliphatic hydroxyl groups is 1. The number of aromatic amines is 1. The number of H-pyrrole nitrogens is 1. The molecule has 0 saturated heterocycles. The van der Waals surface area contributed by atoms with Crippen molar-refractivity contribution in [2.45, 2.75) is 38.8 Å². The van der Waals surface area contributed by atoms with Crippen LogP contribution in [0, 0.1) is 0 Å². The number of hydrogen-bond acceptors (Lipinski definition) is 6. The van der Waals surface area contributed by atoms with Crippen molar-refractivity contribution in [3.05, 3.63) is 78.0 Å². The van der Waals surface area contributed by atoms with E-state index in [1.807, 2.05) is 0 Å². The van der Waals surface area contributed by atoms with E-state index in [1.54, 1.807) is 44.3 Å². The molecule has 1 aromatic carbocycles. The molecule has 5 aromatic rings. The Morgan fingerprint density at radius 2 is 1.77 bits per heavy atom. The monoisotopic (exact) mass is 544 g/mol. The Balaban J connectivity index is 1.48. The van der Waals surface area contributed by atoms with E-state index in [2.05, 4.69) is 29.7 Å². The molecule has 1 unspecified atom stereocenters. The van der Waals surface area contributed by atoms with Crippen LogP contribution in [0.3, 0.4) is 0 Å². The number of nitrogens with one attached hydrogen (secondary N) is 1. The van der Waals surface area contributed by atoms with Gasteiger partial charge < -0.3 is 19.4 Å². The molecule has 0 aliphatic rings. The Morgan fingerprint density at radius 3 is 2.44 bits per heavy atom. The van der Waals surface area contributed by atoms with Crippen LogP contribution in [0.4, 0.5) is 22.0 Å². The van der Waals surface area contributed by atoms with E-state index in [9.17, 15) is 27.1 Å². The van der Waals surface area contributed by atoms with Gasteiger partial charge in [0.1, 0.15) is 11.9 Å². The summed E-state index contributed by atoms with van der Waals surface area (Å²) in [5.74, 6) is -0.120. The van der Waals surface area contributed by atoms with Gasteiger partial charge in [-0.1, -0.05) is 24.3 Å². The molecule has 8 nitrogen and oxygen atoms in total.